The Morgan fingerprint density at radius 1 is 1.37 bits per heavy atom. The van der Waals surface area contributed by atoms with Gasteiger partial charge in [0.1, 0.15) is 5.75 Å². The van der Waals surface area contributed by atoms with E-state index in [4.69, 9.17) is 4.74 Å². The molecule has 1 fully saturated rings. The number of hydrogen-bond donors (Lipinski definition) is 1. The Labute approximate surface area is 115 Å². The molecule has 1 aromatic rings. The fourth-order valence-corrected chi connectivity index (χ4v) is 2.36. The van der Waals surface area contributed by atoms with Crippen molar-refractivity contribution < 1.29 is 9.53 Å². The van der Waals surface area contributed by atoms with Crippen LogP contribution in [0.3, 0.4) is 0 Å². The van der Waals surface area contributed by atoms with Crippen LogP contribution >= 0.6 is 0 Å². The van der Waals surface area contributed by atoms with E-state index in [2.05, 4.69) is 19.2 Å². The van der Waals surface area contributed by atoms with Crippen LogP contribution in [0, 0.1) is 11.8 Å². The number of hydrogen-bond acceptors (Lipinski definition) is 2. The van der Waals surface area contributed by atoms with Gasteiger partial charge in [-0.05, 0) is 30.9 Å². The van der Waals surface area contributed by atoms with Gasteiger partial charge in [-0.1, -0.05) is 32.8 Å². The van der Waals surface area contributed by atoms with E-state index in [1.54, 1.807) is 0 Å². The van der Waals surface area contributed by atoms with Crippen molar-refractivity contribution in [2.45, 2.75) is 39.5 Å². The molecule has 104 valence electrons. The van der Waals surface area contributed by atoms with Crippen molar-refractivity contribution in [2.75, 3.05) is 11.9 Å². The number of carbonyl (C=O) groups excluding carboxylic acids is 1. The molecule has 0 saturated heterocycles. The topological polar surface area (TPSA) is 38.3 Å². The highest BCUT2D eigenvalue weighted by Crippen LogP contribution is 2.26. The maximum absolute atomic E-state index is 12.0. The normalized spacial score (nSPS) is 15.7. The molecular formula is C16H23NO2. The first-order valence-corrected chi connectivity index (χ1v) is 7.19. The van der Waals surface area contributed by atoms with Gasteiger partial charge in [-0.2, -0.15) is 0 Å². The van der Waals surface area contributed by atoms with Gasteiger partial charge in [-0.3, -0.25) is 4.79 Å². The number of nitrogens with one attached hydrogen (secondary N) is 1. The van der Waals surface area contributed by atoms with Gasteiger partial charge in [0.25, 0.3) is 0 Å². The lowest BCUT2D eigenvalue weighted by Crippen LogP contribution is -2.20. The second-order valence-corrected chi connectivity index (χ2v) is 5.70. The second kappa shape index (κ2) is 6.60. The van der Waals surface area contributed by atoms with Crippen molar-refractivity contribution >= 4 is 11.6 Å². The molecule has 0 heterocycles. The second-order valence-electron chi connectivity index (χ2n) is 5.70. The summed E-state index contributed by atoms with van der Waals surface area (Å²) in [7, 11) is 0. The molecule has 3 heteroatoms. The number of anilines is 1. The minimum atomic E-state index is 0.151. The van der Waals surface area contributed by atoms with E-state index < -0.39 is 0 Å². The fraction of sp³-hybridized carbons (Fsp3) is 0.562. The zero-order valence-electron chi connectivity index (χ0n) is 11.8. The predicted octanol–water partition coefficient (Wildman–Crippen LogP) is 3.85. The summed E-state index contributed by atoms with van der Waals surface area (Å²) < 4.78 is 5.66. The van der Waals surface area contributed by atoms with Gasteiger partial charge in [0.15, 0.2) is 0 Å². The molecule has 0 unspecified atom stereocenters. The van der Waals surface area contributed by atoms with Crippen molar-refractivity contribution in [3.63, 3.8) is 0 Å². The SMILES string of the molecule is CC(C)COc1cccc(NC(=O)C2CCCC2)c1. The molecule has 1 saturated carbocycles. The quantitative estimate of drug-likeness (QED) is 0.874. The molecule has 0 spiro atoms. The summed E-state index contributed by atoms with van der Waals surface area (Å²) in [4.78, 5) is 12.0. The molecule has 2 rings (SSSR count). The predicted molar refractivity (Wildman–Crippen MR) is 77.4 cm³/mol. The molecule has 0 aromatic heterocycles. The molecule has 3 nitrogen and oxygen atoms in total. The maximum atomic E-state index is 12.0. The van der Waals surface area contributed by atoms with E-state index in [1.165, 1.54) is 12.8 Å². The Hall–Kier alpha value is -1.51. The summed E-state index contributed by atoms with van der Waals surface area (Å²) in [5.74, 6) is 1.66. The van der Waals surface area contributed by atoms with Gasteiger partial charge in [0.2, 0.25) is 5.91 Å². The van der Waals surface area contributed by atoms with E-state index in [0.717, 1.165) is 24.3 Å². The van der Waals surface area contributed by atoms with E-state index in [9.17, 15) is 4.79 Å². The first-order valence-electron chi connectivity index (χ1n) is 7.19. The number of amides is 1. The highest BCUT2D eigenvalue weighted by atomic mass is 16.5. The summed E-state index contributed by atoms with van der Waals surface area (Å²) in [6.45, 7) is 4.93. The van der Waals surface area contributed by atoms with Crippen LogP contribution in [0.2, 0.25) is 0 Å². The zero-order valence-corrected chi connectivity index (χ0v) is 11.8. The van der Waals surface area contributed by atoms with Crippen LogP contribution in [-0.4, -0.2) is 12.5 Å². The van der Waals surface area contributed by atoms with E-state index in [-0.39, 0.29) is 11.8 Å². The van der Waals surface area contributed by atoms with Crippen LogP contribution in [0.25, 0.3) is 0 Å². The van der Waals surface area contributed by atoms with Crippen molar-refractivity contribution in [1.82, 2.24) is 0 Å². The third-order valence-corrected chi connectivity index (χ3v) is 3.41. The van der Waals surface area contributed by atoms with E-state index in [1.807, 2.05) is 24.3 Å². The zero-order chi connectivity index (χ0) is 13.7. The molecule has 1 amide bonds. The number of carbonyl (C=O) groups is 1. The van der Waals surface area contributed by atoms with Crippen LogP contribution in [-0.2, 0) is 4.79 Å². The standard InChI is InChI=1S/C16H23NO2/c1-12(2)11-19-15-9-5-8-14(10-15)17-16(18)13-6-3-4-7-13/h5,8-10,12-13H,3-4,6-7,11H2,1-2H3,(H,17,18). The lowest BCUT2D eigenvalue weighted by molar-refractivity contribution is -0.119. The summed E-state index contributed by atoms with van der Waals surface area (Å²) in [5, 5.41) is 2.99. The van der Waals surface area contributed by atoms with E-state index >= 15 is 0 Å². The molecular weight excluding hydrogens is 238 g/mol. The van der Waals surface area contributed by atoms with Crippen molar-refractivity contribution in [1.29, 1.82) is 0 Å². The van der Waals surface area contributed by atoms with Gasteiger partial charge in [0, 0.05) is 17.7 Å². The van der Waals surface area contributed by atoms with Crippen molar-refractivity contribution in [3.8, 4) is 5.75 Å². The molecule has 0 radical (unpaired) electrons. The minimum Gasteiger partial charge on any atom is -0.493 e. The molecule has 1 N–H and O–H groups in total. The monoisotopic (exact) mass is 261 g/mol. The average Bonchev–Trinajstić information content (AvgIpc) is 2.91. The summed E-state index contributed by atoms with van der Waals surface area (Å²) in [6, 6.07) is 7.65. The van der Waals surface area contributed by atoms with Gasteiger partial charge in [0.05, 0.1) is 6.61 Å². The largest absolute Gasteiger partial charge is 0.493 e. The summed E-state index contributed by atoms with van der Waals surface area (Å²) in [5.41, 5.74) is 0.832. The fourth-order valence-electron chi connectivity index (χ4n) is 2.36. The molecule has 0 atom stereocenters. The molecule has 1 aliphatic carbocycles. The molecule has 1 aromatic carbocycles. The van der Waals surface area contributed by atoms with Crippen LogP contribution in [0.4, 0.5) is 5.69 Å². The summed E-state index contributed by atoms with van der Waals surface area (Å²) >= 11 is 0. The van der Waals surface area contributed by atoms with Gasteiger partial charge < -0.3 is 10.1 Å². The third-order valence-electron chi connectivity index (χ3n) is 3.41. The first kappa shape index (κ1) is 13.9. The molecule has 1 aliphatic rings. The molecule has 0 bridgehead atoms. The van der Waals surface area contributed by atoms with Crippen LogP contribution in [0.5, 0.6) is 5.75 Å². The third kappa shape index (κ3) is 4.27. The molecule has 19 heavy (non-hydrogen) atoms. The Balaban J connectivity index is 1.92. The number of rotatable bonds is 5. The Kier molecular flexibility index (Phi) is 4.83. The minimum absolute atomic E-state index is 0.151. The summed E-state index contributed by atoms with van der Waals surface area (Å²) in [6.07, 6.45) is 4.40. The number of benzene rings is 1. The van der Waals surface area contributed by atoms with Crippen LogP contribution in [0.15, 0.2) is 24.3 Å². The maximum Gasteiger partial charge on any atom is 0.227 e. The average molecular weight is 261 g/mol. The Bertz CT molecular complexity index is 423. The van der Waals surface area contributed by atoms with E-state index in [0.29, 0.717) is 12.5 Å². The lowest BCUT2D eigenvalue weighted by Gasteiger charge is -2.12. The lowest BCUT2D eigenvalue weighted by atomic mass is 10.1. The van der Waals surface area contributed by atoms with Gasteiger partial charge in [-0.25, -0.2) is 0 Å². The van der Waals surface area contributed by atoms with Crippen molar-refractivity contribution in [2.24, 2.45) is 11.8 Å². The van der Waals surface area contributed by atoms with Gasteiger partial charge >= 0.3 is 0 Å². The smallest absolute Gasteiger partial charge is 0.227 e. The Morgan fingerprint density at radius 2 is 2.11 bits per heavy atom. The highest BCUT2D eigenvalue weighted by Gasteiger charge is 2.22. The highest BCUT2D eigenvalue weighted by molar-refractivity contribution is 5.92. The van der Waals surface area contributed by atoms with Crippen LogP contribution in [0.1, 0.15) is 39.5 Å². The van der Waals surface area contributed by atoms with Gasteiger partial charge in [-0.15, -0.1) is 0 Å². The first-order chi connectivity index (χ1) is 9.15. The Morgan fingerprint density at radius 3 is 2.79 bits per heavy atom. The molecule has 0 aliphatic heterocycles. The van der Waals surface area contributed by atoms with Crippen molar-refractivity contribution in [3.05, 3.63) is 24.3 Å². The number of ether oxygens (including phenoxy) is 1. The van der Waals surface area contributed by atoms with Crippen LogP contribution < -0.4 is 10.1 Å².